The average molecular weight is 298 g/mol. The first-order valence-corrected chi connectivity index (χ1v) is 7.39. The van der Waals surface area contributed by atoms with Gasteiger partial charge in [0.25, 0.3) is 0 Å². The average Bonchev–Trinajstić information content (AvgIpc) is 2.37. The number of alkyl halides is 3. The predicted octanol–water partition coefficient (Wildman–Crippen LogP) is 5.03. The molecule has 1 fully saturated rings. The quantitative estimate of drug-likeness (QED) is 0.764. The molecule has 0 amide bonds. The molecule has 0 saturated heterocycles. The Labute approximate surface area is 123 Å². The molecule has 1 aromatic rings. The fourth-order valence-electron chi connectivity index (χ4n) is 3.27. The van der Waals surface area contributed by atoms with E-state index in [1.165, 1.54) is 6.07 Å². The lowest BCUT2D eigenvalue weighted by atomic mass is 9.66. The van der Waals surface area contributed by atoms with Gasteiger partial charge in [-0.15, -0.1) is 0 Å². The van der Waals surface area contributed by atoms with Gasteiger partial charge in [-0.2, -0.15) is 13.2 Å². The van der Waals surface area contributed by atoms with Gasteiger partial charge in [-0.25, -0.2) is 0 Å². The fourth-order valence-corrected chi connectivity index (χ4v) is 3.27. The van der Waals surface area contributed by atoms with Crippen molar-refractivity contribution >= 4 is 5.78 Å². The van der Waals surface area contributed by atoms with Crippen LogP contribution in [0.15, 0.2) is 24.3 Å². The highest BCUT2D eigenvalue weighted by Gasteiger charge is 2.37. The largest absolute Gasteiger partial charge is 0.416 e. The van der Waals surface area contributed by atoms with Crippen molar-refractivity contribution in [3.63, 3.8) is 0 Å². The van der Waals surface area contributed by atoms with Crippen molar-refractivity contribution in [1.82, 2.24) is 0 Å². The first-order valence-electron chi connectivity index (χ1n) is 7.39. The second-order valence-corrected chi connectivity index (χ2v) is 6.63. The van der Waals surface area contributed by atoms with E-state index in [1.54, 1.807) is 6.07 Å². The molecular weight excluding hydrogens is 277 g/mol. The van der Waals surface area contributed by atoms with Gasteiger partial charge in [0.05, 0.1) is 5.56 Å². The molecular formula is C17H21F3O. The molecule has 1 aromatic carbocycles. The molecule has 0 heterocycles. The Kier molecular flexibility index (Phi) is 4.45. The van der Waals surface area contributed by atoms with Gasteiger partial charge >= 0.3 is 6.18 Å². The van der Waals surface area contributed by atoms with E-state index < -0.39 is 11.7 Å². The highest BCUT2D eigenvalue weighted by atomic mass is 19.4. The first kappa shape index (κ1) is 16.1. The molecule has 1 atom stereocenters. The van der Waals surface area contributed by atoms with Crippen LogP contribution in [-0.2, 0) is 17.4 Å². The van der Waals surface area contributed by atoms with E-state index >= 15 is 0 Å². The van der Waals surface area contributed by atoms with Crippen molar-refractivity contribution in [3.05, 3.63) is 35.4 Å². The number of rotatable bonds is 3. The fraction of sp³-hybridized carbons (Fsp3) is 0.588. The number of carbonyl (C=O) groups excluding carboxylic acids is 1. The number of halogens is 3. The third kappa shape index (κ3) is 3.86. The molecule has 1 saturated carbocycles. The van der Waals surface area contributed by atoms with Crippen LogP contribution in [0.4, 0.5) is 13.2 Å². The summed E-state index contributed by atoms with van der Waals surface area (Å²) >= 11 is 0. The molecule has 2 rings (SSSR count). The van der Waals surface area contributed by atoms with Gasteiger partial charge in [-0.3, -0.25) is 4.79 Å². The van der Waals surface area contributed by atoms with E-state index in [0.29, 0.717) is 5.56 Å². The Morgan fingerprint density at radius 2 is 2.00 bits per heavy atom. The second-order valence-electron chi connectivity index (χ2n) is 6.63. The van der Waals surface area contributed by atoms with Crippen LogP contribution in [0.2, 0.25) is 0 Å². The van der Waals surface area contributed by atoms with Gasteiger partial charge < -0.3 is 0 Å². The summed E-state index contributed by atoms with van der Waals surface area (Å²) in [6.07, 6.45) is -0.249. The van der Waals surface area contributed by atoms with Crippen LogP contribution in [0.5, 0.6) is 0 Å². The monoisotopic (exact) mass is 298 g/mol. The van der Waals surface area contributed by atoms with Gasteiger partial charge in [-0.1, -0.05) is 44.9 Å². The molecule has 0 aliphatic heterocycles. The van der Waals surface area contributed by atoms with Crippen LogP contribution in [0, 0.1) is 11.3 Å². The molecule has 0 bridgehead atoms. The number of Topliss-reactive ketones (excluding diaryl/α,β-unsaturated/α-hetero) is 1. The van der Waals surface area contributed by atoms with Crippen molar-refractivity contribution in [2.75, 3.05) is 0 Å². The number of benzene rings is 1. The van der Waals surface area contributed by atoms with E-state index in [1.807, 2.05) is 0 Å². The van der Waals surface area contributed by atoms with Gasteiger partial charge in [0.2, 0.25) is 0 Å². The Balaban J connectivity index is 2.13. The summed E-state index contributed by atoms with van der Waals surface area (Å²) in [6.45, 7) is 4.17. The Hall–Kier alpha value is -1.32. The molecule has 0 N–H and O–H groups in total. The second kappa shape index (κ2) is 5.82. The van der Waals surface area contributed by atoms with E-state index in [9.17, 15) is 18.0 Å². The minimum absolute atomic E-state index is 0.0409. The minimum Gasteiger partial charge on any atom is -0.299 e. The van der Waals surface area contributed by atoms with E-state index in [0.717, 1.165) is 37.8 Å². The zero-order valence-corrected chi connectivity index (χ0v) is 12.5. The van der Waals surface area contributed by atoms with E-state index in [4.69, 9.17) is 0 Å². The first-order chi connectivity index (χ1) is 9.70. The maximum absolute atomic E-state index is 12.7. The van der Waals surface area contributed by atoms with Crippen LogP contribution in [0.3, 0.4) is 0 Å². The van der Waals surface area contributed by atoms with Crippen LogP contribution >= 0.6 is 0 Å². The van der Waals surface area contributed by atoms with Gasteiger partial charge in [0.1, 0.15) is 5.78 Å². The van der Waals surface area contributed by atoms with Crippen LogP contribution in [0.25, 0.3) is 0 Å². The SMILES string of the molecule is CC1(C)CCCCC1C(=O)Cc1cccc(C(F)(F)F)c1. The molecule has 1 aliphatic rings. The summed E-state index contributed by atoms with van der Waals surface area (Å²) in [4.78, 5) is 12.5. The van der Waals surface area contributed by atoms with Crippen LogP contribution < -0.4 is 0 Å². The van der Waals surface area contributed by atoms with Crippen molar-refractivity contribution in [1.29, 1.82) is 0 Å². The highest BCUT2D eigenvalue weighted by Crippen LogP contribution is 2.41. The summed E-state index contributed by atoms with van der Waals surface area (Å²) < 4.78 is 38.1. The summed E-state index contributed by atoms with van der Waals surface area (Å²) in [5.41, 5.74) is -0.274. The molecule has 4 heteroatoms. The summed E-state index contributed by atoms with van der Waals surface area (Å²) in [7, 11) is 0. The molecule has 0 aromatic heterocycles. The van der Waals surface area contributed by atoms with Crippen molar-refractivity contribution in [3.8, 4) is 0 Å². The normalized spacial score (nSPS) is 22.0. The third-order valence-corrected chi connectivity index (χ3v) is 4.53. The molecule has 1 aliphatic carbocycles. The summed E-state index contributed by atoms with van der Waals surface area (Å²) in [5, 5.41) is 0. The molecule has 116 valence electrons. The molecule has 0 spiro atoms. The maximum Gasteiger partial charge on any atom is 0.416 e. The van der Waals surface area contributed by atoms with Crippen molar-refractivity contribution in [2.45, 2.75) is 52.1 Å². The van der Waals surface area contributed by atoms with Crippen molar-refractivity contribution < 1.29 is 18.0 Å². The van der Waals surface area contributed by atoms with Gasteiger partial charge in [0.15, 0.2) is 0 Å². The minimum atomic E-state index is -4.36. The number of hydrogen-bond acceptors (Lipinski definition) is 1. The molecule has 1 unspecified atom stereocenters. The lowest BCUT2D eigenvalue weighted by Crippen LogP contribution is -2.34. The van der Waals surface area contributed by atoms with Gasteiger partial charge in [0, 0.05) is 12.3 Å². The van der Waals surface area contributed by atoms with Crippen LogP contribution in [0.1, 0.15) is 50.7 Å². The van der Waals surface area contributed by atoms with E-state index in [2.05, 4.69) is 13.8 Å². The summed E-state index contributed by atoms with van der Waals surface area (Å²) in [5.74, 6) is 0.0276. The smallest absolute Gasteiger partial charge is 0.299 e. The zero-order valence-electron chi connectivity index (χ0n) is 12.5. The Morgan fingerprint density at radius 3 is 2.62 bits per heavy atom. The zero-order chi connectivity index (χ0) is 15.7. The Morgan fingerprint density at radius 1 is 1.29 bits per heavy atom. The van der Waals surface area contributed by atoms with Crippen molar-refractivity contribution in [2.24, 2.45) is 11.3 Å². The topological polar surface area (TPSA) is 17.1 Å². The number of ketones is 1. The number of hydrogen-bond donors (Lipinski definition) is 0. The molecule has 1 nitrogen and oxygen atoms in total. The summed E-state index contributed by atoms with van der Waals surface area (Å²) in [6, 6.07) is 5.10. The maximum atomic E-state index is 12.7. The van der Waals surface area contributed by atoms with Crippen LogP contribution in [-0.4, -0.2) is 5.78 Å². The molecule has 21 heavy (non-hydrogen) atoms. The molecule has 0 radical (unpaired) electrons. The lowest BCUT2D eigenvalue weighted by molar-refractivity contribution is -0.137. The third-order valence-electron chi connectivity index (χ3n) is 4.53. The van der Waals surface area contributed by atoms with E-state index in [-0.39, 0.29) is 23.5 Å². The standard InChI is InChI=1S/C17H21F3O/c1-16(2)9-4-3-8-14(16)15(21)11-12-6-5-7-13(10-12)17(18,19)20/h5-7,10,14H,3-4,8-9,11H2,1-2H3. The lowest BCUT2D eigenvalue weighted by Gasteiger charge is -2.37. The van der Waals surface area contributed by atoms with Gasteiger partial charge in [-0.05, 0) is 29.9 Å². The Bertz CT molecular complexity index is 517. The highest BCUT2D eigenvalue weighted by molar-refractivity contribution is 5.84. The predicted molar refractivity (Wildman–Crippen MR) is 75.9 cm³/mol. The number of carbonyl (C=O) groups is 1.